The van der Waals surface area contributed by atoms with Crippen LogP contribution < -0.4 is 5.73 Å². The molecule has 2 aromatic rings. The summed E-state index contributed by atoms with van der Waals surface area (Å²) >= 11 is 0. The van der Waals surface area contributed by atoms with Crippen LogP contribution in [0.15, 0.2) is 6.33 Å². The monoisotopic (exact) mass is 289 g/mol. The molecule has 7 nitrogen and oxygen atoms in total. The number of hydrogen-bond donors (Lipinski definition) is 2. The van der Waals surface area contributed by atoms with Crippen LogP contribution in [-0.2, 0) is 14.9 Å². The Morgan fingerprint density at radius 3 is 2.81 bits per heavy atom. The molecule has 7 heteroatoms. The van der Waals surface area contributed by atoms with Gasteiger partial charge in [-0.1, -0.05) is 19.3 Å². The first-order valence-electron chi connectivity index (χ1n) is 7.31. The second-order valence-electron chi connectivity index (χ2n) is 5.41. The molecule has 1 aliphatic rings. The molecule has 0 spiro atoms. The third-order valence-electron chi connectivity index (χ3n) is 4.14. The van der Waals surface area contributed by atoms with Gasteiger partial charge in [0.15, 0.2) is 11.5 Å². The fourth-order valence-corrected chi connectivity index (χ4v) is 3.04. The maximum absolute atomic E-state index is 12.5. The molecule has 0 atom stereocenters. The van der Waals surface area contributed by atoms with Crippen molar-refractivity contribution in [3.8, 4) is 0 Å². The highest BCUT2D eigenvalue weighted by Gasteiger charge is 2.45. The van der Waals surface area contributed by atoms with Gasteiger partial charge >= 0.3 is 5.97 Å². The molecule has 0 amide bonds. The summed E-state index contributed by atoms with van der Waals surface area (Å²) in [6.07, 6.45) is 5.94. The smallest absolute Gasteiger partial charge is 0.319 e. The van der Waals surface area contributed by atoms with Gasteiger partial charge in [0, 0.05) is 0 Å². The van der Waals surface area contributed by atoms with Crippen LogP contribution in [0, 0.1) is 0 Å². The van der Waals surface area contributed by atoms with E-state index < -0.39 is 5.41 Å². The molecule has 1 fully saturated rings. The van der Waals surface area contributed by atoms with Crippen LogP contribution >= 0.6 is 0 Å². The standard InChI is InChI=1S/C14H19N5O2/c1-2-21-13(20)14(6-4-3-5-7-14)12-18-9-10(15)16-8-17-11(9)19-12/h8H,2-7H2,1H3,(H3,15,16,17,18,19). The third-order valence-corrected chi connectivity index (χ3v) is 4.14. The van der Waals surface area contributed by atoms with Crippen molar-refractivity contribution in [1.29, 1.82) is 0 Å². The minimum Gasteiger partial charge on any atom is -0.465 e. The lowest BCUT2D eigenvalue weighted by atomic mass is 9.73. The summed E-state index contributed by atoms with van der Waals surface area (Å²) in [7, 11) is 0. The molecule has 112 valence electrons. The van der Waals surface area contributed by atoms with Crippen molar-refractivity contribution >= 4 is 23.0 Å². The SMILES string of the molecule is CCOC(=O)C1(c2nc3ncnc(N)c3[nH]2)CCCCC1. The Labute approximate surface area is 122 Å². The third kappa shape index (κ3) is 2.22. The van der Waals surface area contributed by atoms with E-state index in [0.717, 1.165) is 32.1 Å². The van der Waals surface area contributed by atoms with Gasteiger partial charge in [-0.2, -0.15) is 0 Å². The number of nitrogens with two attached hydrogens (primary N) is 1. The molecule has 2 aromatic heterocycles. The number of anilines is 1. The summed E-state index contributed by atoms with van der Waals surface area (Å²) in [5, 5.41) is 0. The minimum atomic E-state index is -0.707. The van der Waals surface area contributed by atoms with Crippen LogP contribution in [0.25, 0.3) is 11.2 Å². The maximum atomic E-state index is 12.5. The van der Waals surface area contributed by atoms with Crippen molar-refractivity contribution in [2.75, 3.05) is 12.3 Å². The van der Waals surface area contributed by atoms with Crippen molar-refractivity contribution in [2.24, 2.45) is 0 Å². The Balaban J connectivity index is 2.09. The average molecular weight is 289 g/mol. The zero-order valence-electron chi connectivity index (χ0n) is 12.1. The molecule has 0 radical (unpaired) electrons. The number of esters is 1. The zero-order valence-corrected chi connectivity index (χ0v) is 12.1. The van der Waals surface area contributed by atoms with Crippen LogP contribution in [0.1, 0.15) is 44.9 Å². The Hall–Kier alpha value is -2.18. The molecule has 1 saturated carbocycles. The summed E-state index contributed by atoms with van der Waals surface area (Å²) in [6, 6.07) is 0. The highest BCUT2D eigenvalue weighted by Crippen LogP contribution is 2.40. The number of imidazole rings is 1. The highest BCUT2D eigenvalue weighted by atomic mass is 16.5. The van der Waals surface area contributed by atoms with Gasteiger partial charge < -0.3 is 15.5 Å². The molecular formula is C14H19N5O2. The second-order valence-corrected chi connectivity index (χ2v) is 5.41. The number of nitrogens with one attached hydrogen (secondary N) is 1. The molecule has 0 unspecified atom stereocenters. The Bertz CT molecular complexity index is 660. The van der Waals surface area contributed by atoms with Crippen LogP contribution in [0.5, 0.6) is 0 Å². The molecule has 3 N–H and O–H groups in total. The second kappa shape index (κ2) is 5.31. The number of nitrogens with zero attached hydrogens (tertiary/aromatic N) is 3. The predicted molar refractivity (Wildman–Crippen MR) is 77.5 cm³/mol. The fourth-order valence-electron chi connectivity index (χ4n) is 3.04. The summed E-state index contributed by atoms with van der Waals surface area (Å²) in [4.78, 5) is 28.2. The number of carbonyl (C=O) groups excluding carboxylic acids is 1. The van der Waals surface area contributed by atoms with Crippen molar-refractivity contribution in [1.82, 2.24) is 19.9 Å². The van der Waals surface area contributed by atoms with Gasteiger partial charge in [0.1, 0.15) is 23.1 Å². The van der Waals surface area contributed by atoms with Crippen molar-refractivity contribution in [2.45, 2.75) is 44.4 Å². The van der Waals surface area contributed by atoms with Gasteiger partial charge in [-0.05, 0) is 19.8 Å². The lowest BCUT2D eigenvalue weighted by molar-refractivity contribution is -0.152. The Morgan fingerprint density at radius 2 is 2.14 bits per heavy atom. The summed E-state index contributed by atoms with van der Waals surface area (Å²) in [5.41, 5.74) is 6.21. The van der Waals surface area contributed by atoms with Crippen LogP contribution in [-0.4, -0.2) is 32.5 Å². The van der Waals surface area contributed by atoms with Crippen molar-refractivity contribution in [3.63, 3.8) is 0 Å². The van der Waals surface area contributed by atoms with Gasteiger partial charge in [-0.15, -0.1) is 0 Å². The topological polar surface area (TPSA) is 107 Å². The van der Waals surface area contributed by atoms with E-state index >= 15 is 0 Å². The number of fused-ring (bicyclic) bond motifs is 1. The summed E-state index contributed by atoms with van der Waals surface area (Å²) in [6.45, 7) is 2.18. The molecule has 0 aromatic carbocycles. The fraction of sp³-hybridized carbons (Fsp3) is 0.571. The number of hydrogen-bond acceptors (Lipinski definition) is 6. The number of aromatic amines is 1. The van der Waals surface area contributed by atoms with Crippen molar-refractivity contribution in [3.05, 3.63) is 12.2 Å². The lowest BCUT2D eigenvalue weighted by Gasteiger charge is -2.32. The first-order valence-corrected chi connectivity index (χ1v) is 7.31. The molecule has 1 aliphatic carbocycles. The van der Waals surface area contributed by atoms with Gasteiger partial charge in [0.2, 0.25) is 0 Å². The van der Waals surface area contributed by atoms with E-state index in [-0.39, 0.29) is 5.97 Å². The largest absolute Gasteiger partial charge is 0.465 e. The number of nitrogen functional groups attached to an aromatic ring is 1. The van der Waals surface area contributed by atoms with Crippen LogP contribution in [0.3, 0.4) is 0 Å². The van der Waals surface area contributed by atoms with Crippen molar-refractivity contribution < 1.29 is 9.53 Å². The molecule has 21 heavy (non-hydrogen) atoms. The number of aromatic nitrogens is 4. The number of rotatable bonds is 3. The quantitative estimate of drug-likeness (QED) is 0.833. The van der Waals surface area contributed by atoms with Gasteiger partial charge in [-0.3, -0.25) is 4.79 Å². The Morgan fingerprint density at radius 1 is 1.38 bits per heavy atom. The predicted octanol–water partition coefficient (Wildman–Crippen LogP) is 1.70. The highest BCUT2D eigenvalue weighted by molar-refractivity contribution is 5.86. The molecule has 0 aliphatic heterocycles. The normalized spacial score (nSPS) is 17.8. The molecule has 0 bridgehead atoms. The molecular weight excluding hydrogens is 270 g/mol. The van der Waals surface area contributed by atoms with E-state index in [4.69, 9.17) is 10.5 Å². The van der Waals surface area contributed by atoms with E-state index in [1.807, 2.05) is 6.92 Å². The Kier molecular flexibility index (Phi) is 3.48. The first kappa shape index (κ1) is 13.8. The summed E-state index contributed by atoms with van der Waals surface area (Å²) < 4.78 is 5.30. The first-order chi connectivity index (χ1) is 10.2. The number of carbonyl (C=O) groups is 1. The molecule has 2 heterocycles. The van der Waals surface area contributed by atoms with E-state index in [0.29, 0.717) is 29.4 Å². The lowest BCUT2D eigenvalue weighted by Crippen LogP contribution is -2.40. The average Bonchev–Trinajstić information content (AvgIpc) is 2.94. The van der Waals surface area contributed by atoms with E-state index in [9.17, 15) is 4.79 Å². The van der Waals surface area contributed by atoms with Gasteiger partial charge in [0.05, 0.1) is 6.61 Å². The maximum Gasteiger partial charge on any atom is 0.319 e. The zero-order chi connectivity index (χ0) is 14.9. The number of H-pyrrole nitrogens is 1. The minimum absolute atomic E-state index is 0.213. The molecule has 3 rings (SSSR count). The molecule has 0 saturated heterocycles. The number of ether oxygens (including phenoxy) is 1. The van der Waals surface area contributed by atoms with E-state index in [1.54, 1.807) is 0 Å². The van der Waals surface area contributed by atoms with E-state index in [2.05, 4.69) is 19.9 Å². The van der Waals surface area contributed by atoms with Crippen LogP contribution in [0.2, 0.25) is 0 Å². The summed E-state index contributed by atoms with van der Waals surface area (Å²) in [5.74, 6) is 0.728. The van der Waals surface area contributed by atoms with Gasteiger partial charge in [0.25, 0.3) is 0 Å². The van der Waals surface area contributed by atoms with Crippen LogP contribution in [0.4, 0.5) is 5.82 Å². The van der Waals surface area contributed by atoms with Gasteiger partial charge in [-0.25, -0.2) is 15.0 Å². The van der Waals surface area contributed by atoms with E-state index in [1.165, 1.54) is 6.33 Å².